The van der Waals surface area contributed by atoms with Crippen molar-refractivity contribution in [3.8, 4) is 5.69 Å². The number of anilines is 1. The highest BCUT2D eigenvalue weighted by molar-refractivity contribution is 6.35. The molecule has 0 radical (unpaired) electrons. The van der Waals surface area contributed by atoms with Crippen LogP contribution in [0.3, 0.4) is 0 Å². The van der Waals surface area contributed by atoms with E-state index in [0.717, 1.165) is 49.8 Å². The minimum atomic E-state index is 0.122. The molecule has 1 fully saturated rings. The van der Waals surface area contributed by atoms with Gasteiger partial charge in [-0.2, -0.15) is 5.10 Å². The topological polar surface area (TPSA) is 54.3 Å². The number of halogens is 2. The van der Waals surface area contributed by atoms with Crippen LogP contribution in [0.1, 0.15) is 22.5 Å². The molecule has 0 unspecified atom stereocenters. The van der Waals surface area contributed by atoms with E-state index >= 15 is 0 Å². The monoisotopic (exact) mass is 443 g/mol. The molecule has 2 aromatic heterocycles. The van der Waals surface area contributed by atoms with E-state index in [9.17, 15) is 4.79 Å². The van der Waals surface area contributed by atoms with Crippen LogP contribution < -0.4 is 4.90 Å². The van der Waals surface area contributed by atoms with Crippen molar-refractivity contribution >= 4 is 34.7 Å². The fraction of sp³-hybridized carbons (Fsp3) is 0.318. The number of pyridine rings is 1. The molecule has 1 saturated heterocycles. The Bertz CT molecular complexity index is 1010. The van der Waals surface area contributed by atoms with Crippen LogP contribution in [0.4, 0.5) is 5.69 Å². The van der Waals surface area contributed by atoms with Crippen molar-refractivity contribution < 1.29 is 4.79 Å². The van der Waals surface area contributed by atoms with Crippen LogP contribution in [-0.2, 0) is 0 Å². The first-order valence-corrected chi connectivity index (χ1v) is 10.7. The molecule has 156 valence electrons. The van der Waals surface area contributed by atoms with Gasteiger partial charge in [-0.05, 0) is 37.3 Å². The standard InChI is InChI=1S/C22H23Cl2N5O/c1-16-21(15-26-29(16)19-2-5-25-6-3-19)22(30)4-7-27-8-10-28(11-9-27)20-13-17(23)12-18(24)14-20/h2-3,5-6,12-15H,4,7-11H2,1H3. The number of carbonyl (C=O) groups excluding carboxylic acids is 1. The van der Waals surface area contributed by atoms with E-state index < -0.39 is 0 Å². The third kappa shape index (κ3) is 4.67. The Kier molecular flexibility index (Phi) is 6.37. The summed E-state index contributed by atoms with van der Waals surface area (Å²) in [5.74, 6) is 0.122. The summed E-state index contributed by atoms with van der Waals surface area (Å²) >= 11 is 12.3. The molecule has 3 aromatic rings. The molecule has 30 heavy (non-hydrogen) atoms. The first-order chi connectivity index (χ1) is 14.5. The zero-order chi connectivity index (χ0) is 21.1. The molecule has 1 aliphatic rings. The quantitative estimate of drug-likeness (QED) is 0.532. The summed E-state index contributed by atoms with van der Waals surface area (Å²) < 4.78 is 1.78. The number of nitrogens with zero attached hydrogens (tertiary/aromatic N) is 5. The van der Waals surface area contributed by atoms with Gasteiger partial charge in [0.2, 0.25) is 0 Å². The maximum atomic E-state index is 12.8. The summed E-state index contributed by atoms with van der Waals surface area (Å²) in [6.45, 7) is 6.21. The Morgan fingerprint density at radius 2 is 1.67 bits per heavy atom. The molecular formula is C22H23Cl2N5O. The smallest absolute Gasteiger partial charge is 0.167 e. The summed E-state index contributed by atoms with van der Waals surface area (Å²) in [5.41, 5.74) is 3.48. The summed E-state index contributed by atoms with van der Waals surface area (Å²) in [6.07, 6.45) is 5.58. The lowest BCUT2D eigenvalue weighted by Gasteiger charge is -2.36. The molecule has 6 nitrogen and oxygen atoms in total. The first-order valence-electron chi connectivity index (χ1n) is 9.93. The molecule has 0 bridgehead atoms. The van der Waals surface area contributed by atoms with Crippen LogP contribution in [0.2, 0.25) is 10.0 Å². The average Bonchev–Trinajstić information content (AvgIpc) is 3.14. The van der Waals surface area contributed by atoms with E-state index in [2.05, 4.69) is 19.9 Å². The normalized spacial score (nSPS) is 14.8. The van der Waals surface area contributed by atoms with Gasteiger partial charge in [0.1, 0.15) is 0 Å². The Balaban J connectivity index is 1.32. The van der Waals surface area contributed by atoms with Crippen LogP contribution in [-0.4, -0.2) is 58.2 Å². The van der Waals surface area contributed by atoms with E-state index in [0.29, 0.717) is 22.0 Å². The number of rotatable bonds is 6. The van der Waals surface area contributed by atoms with Gasteiger partial charge < -0.3 is 4.90 Å². The molecule has 1 aromatic carbocycles. The zero-order valence-electron chi connectivity index (χ0n) is 16.8. The molecule has 0 atom stereocenters. The lowest BCUT2D eigenvalue weighted by molar-refractivity contribution is 0.0962. The van der Waals surface area contributed by atoms with Crippen molar-refractivity contribution in [2.45, 2.75) is 13.3 Å². The Labute approximate surface area is 186 Å². The fourth-order valence-corrected chi connectivity index (χ4v) is 4.29. The molecule has 0 saturated carbocycles. The number of hydrogen-bond donors (Lipinski definition) is 0. The predicted molar refractivity (Wildman–Crippen MR) is 120 cm³/mol. The molecule has 3 heterocycles. The van der Waals surface area contributed by atoms with Crippen molar-refractivity contribution in [2.24, 2.45) is 0 Å². The highest BCUT2D eigenvalue weighted by atomic mass is 35.5. The van der Waals surface area contributed by atoms with Crippen molar-refractivity contribution in [3.63, 3.8) is 0 Å². The maximum Gasteiger partial charge on any atom is 0.167 e. The van der Waals surface area contributed by atoms with E-state index in [-0.39, 0.29) is 5.78 Å². The van der Waals surface area contributed by atoms with Gasteiger partial charge in [-0.25, -0.2) is 4.68 Å². The van der Waals surface area contributed by atoms with Gasteiger partial charge in [-0.3, -0.25) is 14.7 Å². The first kappa shape index (κ1) is 20.8. The number of Topliss-reactive ketones (excluding diaryl/α,β-unsaturated/α-hetero) is 1. The Hall–Kier alpha value is -2.41. The Morgan fingerprint density at radius 1 is 1.00 bits per heavy atom. The highest BCUT2D eigenvalue weighted by Gasteiger charge is 2.20. The molecule has 1 aliphatic heterocycles. The Morgan fingerprint density at radius 3 is 2.33 bits per heavy atom. The third-order valence-electron chi connectivity index (χ3n) is 5.46. The highest BCUT2D eigenvalue weighted by Crippen LogP contribution is 2.26. The van der Waals surface area contributed by atoms with E-state index in [1.165, 1.54) is 0 Å². The second kappa shape index (κ2) is 9.16. The third-order valence-corrected chi connectivity index (χ3v) is 5.89. The summed E-state index contributed by atoms with van der Waals surface area (Å²) in [7, 11) is 0. The van der Waals surface area contributed by atoms with Gasteiger partial charge in [0.25, 0.3) is 0 Å². The minimum absolute atomic E-state index is 0.122. The van der Waals surface area contributed by atoms with Gasteiger partial charge >= 0.3 is 0 Å². The van der Waals surface area contributed by atoms with Crippen molar-refractivity contribution in [3.05, 3.63) is 70.2 Å². The van der Waals surface area contributed by atoms with Gasteiger partial charge in [-0.15, -0.1) is 0 Å². The molecule has 8 heteroatoms. The SMILES string of the molecule is Cc1c(C(=O)CCN2CCN(c3cc(Cl)cc(Cl)c3)CC2)cnn1-c1ccncc1. The van der Waals surface area contributed by atoms with Crippen LogP contribution in [0.25, 0.3) is 5.69 Å². The predicted octanol–water partition coefficient (Wildman–Crippen LogP) is 4.28. The zero-order valence-corrected chi connectivity index (χ0v) is 18.3. The maximum absolute atomic E-state index is 12.8. The van der Waals surface area contributed by atoms with Gasteiger partial charge in [0.05, 0.1) is 23.1 Å². The summed E-state index contributed by atoms with van der Waals surface area (Å²) in [4.78, 5) is 21.4. The lowest BCUT2D eigenvalue weighted by atomic mass is 10.1. The molecule has 0 amide bonds. The number of hydrogen-bond acceptors (Lipinski definition) is 5. The van der Waals surface area contributed by atoms with Crippen molar-refractivity contribution in [2.75, 3.05) is 37.6 Å². The van der Waals surface area contributed by atoms with Crippen molar-refractivity contribution in [1.82, 2.24) is 19.7 Å². The van der Waals surface area contributed by atoms with Crippen molar-refractivity contribution in [1.29, 1.82) is 0 Å². The van der Waals surface area contributed by atoms with Crippen LogP contribution in [0, 0.1) is 6.92 Å². The van der Waals surface area contributed by atoms with Crippen LogP contribution in [0.15, 0.2) is 48.9 Å². The molecule has 0 aliphatic carbocycles. The summed E-state index contributed by atoms with van der Waals surface area (Å²) in [6, 6.07) is 9.38. The minimum Gasteiger partial charge on any atom is -0.369 e. The number of piperazine rings is 1. The van der Waals surface area contributed by atoms with E-state index in [4.69, 9.17) is 23.2 Å². The average molecular weight is 444 g/mol. The van der Waals surface area contributed by atoms with Crippen LogP contribution >= 0.6 is 23.2 Å². The molecule has 0 spiro atoms. The summed E-state index contributed by atoms with van der Waals surface area (Å²) in [5, 5.41) is 5.68. The van der Waals surface area contributed by atoms with Gasteiger partial charge in [-0.1, -0.05) is 23.2 Å². The largest absolute Gasteiger partial charge is 0.369 e. The van der Waals surface area contributed by atoms with Gasteiger partial charge in [0, 0.05) is 67.3 Å². The second-order valence-electron chi connectivity index (χ2n) is 7.39. The number of aromatic nitrogens is 3. The second-order valence-corrected chi connectivity index (χ2v) is 8.26. The fourth-order valence-electron chi connectivity index (χ4n) is 3.77. The molecular weight excluding hydrogens is 421 g/mol. The van der Waals surface area contributed by atoms with E-state index in [1.54, 1.807) is 29.3 Å². The number of ketones is 1. The van der Waals surface area contributed by atoms with Gasteiger partial charge in [0.15, 0.2) is 5.78 Å². The number of carbonyl (C=O) groups is 1. The van der Waals surface area contributed by atoms with E-state index in [1.807, 2.05) is 31.2 Å². The lowest BCUT2D eigenvalue weighted by Crippen LogP contribution is -2.46. The number of benzene rings is 1. The molecule has 4 rings (SSSR count). The molecule has 0 N–H and O–H groups in total. The van der Waals surface area contributed by atoms with Crippen LogP contribution in [0.5, 0.6) is 0 Å².